The molecule has 0 aliphatic heterocycles. The van der Waals surface area contributed by atoms with Crippen LogP contribution in [0.1, 0.15) is 0 Å². The summed E-state index contributed by atoms with van der Waals surface area (Å²) in [5, 5.41) is 4.59. The van der Waals surface area contributed by atoms with Crippen molar-refractivity contribution in [3.05, 3.63) is 303 Å². The van der Waals surface area contributed by atoms with E-state index in [0.717, 1.165) is 100 Å². The lowest BCUT2D eigenvalue weighted by atomic mass is 10.0. The molecule has 360 valence electrons. The number of para-hydroxylation sites is 6. The first-order chi connectivity index (χ1) is 37.7. The zero-order chi connectivity index (χ0) is 50.6. The number of benzene rings is 12. The van der Waals surface area contributed by atoms with Crippen molar-refractivity contribution in [1.82, 2.24) is 0 Å². The fourth-order valence-electron chi connectivity index (χ4n) is 10.4. The molecule has 76 heavy (non-hydrogen) atoms. The largest absolute Gasteiger partial charge is 0.455 e. The number of hydrogen-bond donors (Lipinski definition) is 0. The van der Waals surface area contributed by atoms with E-state index in [0.29, 0.717) is 0 Å². The van der Waals surface area contributed by atoms with Crippen molar-refractivity contribution in [2.24, 2.45) is 0 Å². The van der Waals surface area contributed by atoms with E-state index in [1.165, 1.54) is 22.3 Å². The van der Waals surface area contributed by atoms with Gasteiger partial charge in [-0.05, 0) is 118 Å². The second-order valence-electron chi connectivity index (χ2n) is 18.8. The molecular formula is C72H50N2O2. The maximum Gasteiger partial charge on any atom is 0.143 e. The molecule has 0 saturated carbocycles. The molecule has 2 heterocycles. The summed E-state index contributed by atoms with van der Waals surface area (Å²) in [5.41, 5.74) is 19.6. The second-order valence-corrected chi connectivity index (χ2v) is 18.8. The van der Waals surface area contributed by atoms with Crippen LogP contribution in [0.15, 0.2) is 312 Å². The minimum atomic E-state index is 0.913. The number of hydrogen-bond acceptors (Lipinski definition) is 4. The van der Waals surface area contributed by atoms with Crippen LogP contribution in [-0.2, 0) is 0 Å². The Morgan fingerprint density at radius 1 is 0.184 bits per heavy atom. The molecule has 0 saturated heterocycles. The van der Waals surface area contributed by atoms with E-state index in [-0.39, 0.29) is 0 Å². The number of fused-ring (bicyclic) bond motifs is 6. The third-order valence-electron chi connectivity index (χ3n) is 14.2. The Morgan fingerprint density at radius 2 is 0.447 bits per heavy atom. The number of rotatable bonds is 10. The molecule has 0 atom stereocenters. The molecule has 0 fully saturated rings. The minimum Gasteiger partial charge on any atom is -0.455 e. The van der Waals surface area contributed by atoms with Gasteiger partial charge in [0.15, 0.2) is 0 Å². The van der Waals surface area contributed by atoms with Crippen molar-refractivity contribution in [1.29, 1.82) is 0 Å². The van der Waals surface area contributed by atoms with Crippen LogP contribution in [0, 0.1) is 0 Å². The molecular weight excluding hydrogens is 925 g/mol. The van der Waals surface area contributed by atoms with E-state index in [1.807, 2.05) is 36.4 Å². The molecule has 14 rings (SSSR count). The van der Waals surface area contributed by atoms with E-state index < -0.39 is 0 Å². The van der Waals surface area contributed by atoms with Crippen LogP contribution >= 0.6 is 0 Å². The van der Waals surface area contributed by atoms with Crippen molar-refractivity contribution < 1.29 is 8.83 Å². The molecule has 0 amide bonds. The molecule has 0 bridgehead atoms. The summed E-state index contributed by atoms with van der Waals surface area (Å²) in [4.78, 5) is 4.58. The summed E-state index contributed by atoms with van der Waals surface area (Å²) in [6, 6.07) is 106. The van der Waals surface area contributed by atoms with Gasteiger partial charge in [-0.3, -0.25) is 0 Å². The number of nitrogens with zero attached hydrogens (tertiary/aromatic N) is 2. The van der Waals surface area contributed by atoms with Crippen LogP contribution in [0.25, 0.3) is 88.4 Å². The van der Waals surface area contributed by atoms with Gasteiger partial charge in [0, 0.05) is 66.8 Å². The summed E-state index contributed by atoms with van der Waals surface area (Å²) in [6.07, 6.45) is 0. The van der Waals surface area contributed by atoms with Crippen molar-refractivity contribution >= 4 is 78.0 Å². The maximum atomic E-state index is 6.34. The van der Waals surface area contributed by atoms with Gasteiger partial charge in [0.2, 0.25) is 0 Å². The van der Waals surface area contributed by atoms with E-state index in [9.17, 15) is 0 Å². The van der Waals surface area contributed by atoms with E-state index in [2.05, 4.69) is 277 Å². The summed E-state index contributed by atoms with van der Waals surface area (Å²) >= 11 is 0. The van der Waals surface area contributed by atoms with Gasteiger partial charge >= 0.3 is 0 Å². The van der Waals surface area contributed by atoms with Gasteiger partial charge in [0.25, 0.3) is 0 Å². The third kappa shape index (κ3) is 8.95. The van der Waals surface area contributed by atoms with Crippen LogP contribution < -0.4 is 9.80 Å². The highest BCUT2D eigenvalue weighted by molar-refractivity contribution is 6.10. The smallest absolute Gasteiger partial charge is 0.143 e. The average molecular weight is 975 g/mol. The Morgan fingerprint density at radius 3 is 0.803 bits per heavy atom. The Bertz CT molecular complexity index is 4110. The molecule has 2 aromatic heterocycles. The Labute approximate surface area is 442 Å². The lowest BCUT2D eigenvalue weighted by Crippen LogP contribution is -2.09. The first-order valence-electron chi connectivity index (χ1n) is 25.7. The zero-order valence-corrected chi connectivity index (χ0v) is 41.6. The molecule has 0 aliphatic carbocycles. The Kier molecular flexibility index (Phi) is 12.3. The van der Waals surface area contributed by atoms with Crippen LogP contribution in [0.5, 0.6) is 0 Å². The van der Waals surface area contributed by atoms with E-state index in [1.54, 1.807) is 0 Å². The Hall–Kier alpha value is -10.2. The van der Waals surface area contributed by atoms with Crippen molar-refractivity contribution in [2.75, 3.05) is 9.80 Å². The molecule has 4 heteroatoms. The standard InChI is InChI=1S/C42H29NO.C30H21NO/c1-3-10-30(11-4-1)32-18-24-35(25-19-32)43(36-26-20-33(21-27-36)31-12-5-2-6-13-31)37-28-22-34(23-29-37)38-15-9-16-40-39-14-7-8-17-41(39)44-42(38)40;1-3-10-23(11-4-1)31(24-12-5-2-6-13-24)25-20-18-22(19-21-25)26-15-9-16-28-27-14-7-8-17-29(27)32-30(26)28/h1-29H;1-21H. The monoisotopic (exact) mass is 974 g/mol. The lowest BCUT2D eigenvalue weighted by molar-refractivity contribution is 0.669. The normalized spacial score (nSPS) is 11.2. The van der Waals surface area contributed by atoms with Crippen molar-refractivity contribution in [3.63, 3.8) is 0 Å². The summed E-state index contributed by atoms with van der Waals surface area (Å²) in [5.74, 6) is 0. The van der Waals surface area contributed by atoms with Gasteiger partial charge in [-0.1, -0.05) is 218 Å². The molecule has 0 radical (unpaired) electrons. The summed E-state index contributed by atoms with van der Waals surface area (Å²) < 4.78 is 12.6. The minimum absolute atomic E-state index is 0.913. The molecule has 0 N–H and O–H groups in total. The van der Waals surface area contributed by atoms with Crippen LogP contribution in [0.4, 0.5) is 34.1 Å². The molecule has 4 nitrogen and oxygen atoms in total. The molecule has 0 unspecified atom stereocenters. The van der Waals surface area contributed by atoms with Crippen LogP contribution in [0.2, 0.25) is 0 Å². The third-order valence-corrected chi connectivity index (χ3v) is 14.2. The fraction of sp³-hybridized carbons (Fsp3) is 0. The highest BCUT2D eigenvalue weighted by Gasteiger charge is 2.18. The number of anilines is 6. The maximum absolute atomic E-state index is 6.34. The van der Waals surface area contributed by atoms with Crippen LogP contribution in [-0.4, -0.2) is 0 Å². The van der Waals surface area contributed by atoms with Crippen molar-refractivity contribution in [3.8, 4) is 44.5 Å². The summed E-state index contributed by atoms with van der Waals surface area (Å²) in [7, 11) is 0. The predicted molar refractivity (Wildman–Crippen MR) is 319 cm³/mol. The SMILES string of the molecule is c1ccc(-c2ccc(N(c3ccc(-c4ccccc4)cc3)c3ccc(-c4cccc5c4oc4ccccc45)cc3)cc2)cc1.c1ccc(N(c2ccccc2)c2ccc(-c3cccc4c3oc3ccccc34)cc2)cc1. The topological polar surface area (TPSA) is 32.8 Å². The van der Waals surface area contributed by atoms with Gasteiger partial charge in [-0.15, -0.1) is 0 Å². The molecule has 14 aromatic rings. The first kappa shape index (κ1) is 45.7. The highest BCUT2D eigenvalue weighted by Crippen LogP contribution is 2.42. The first-order valence-corrected chi connectivity index (χ1v) is 25.7. The zero-order valence-electron chi connectivity index (χ0n) is 41.6. The molecule has 0 spiro atoms. The van der Waals surface area contributed by atoms with Crippen molar-refractivity contribution in [2.45, 2.75) is 0 Å². The van der Waals surface area contributed by atoms with Gasteiger partial charge in [-0.2, -0.15) is 0 Å². The average Bonchev–Trinajstić information content (AvgIpc) is 4.09. The Balaban J connectivity index is 0.000000153. The molecule has 12 aromatic carbocycles. The molecule has 0 aliphatic rings. The quantitative estimate of drug-likeness (QED) is 0.137. The highest BCUT2D eigenvalue weighted by atomic mass is 16.3. The second kappa shape index (κ2) is 20.4. The van der Waals surface area contributed by atoms with Gasteiger partial charge in [0.05, 0.1) is 0 Å². The number of furan rings is 2. The lowest BCUT2D eigenvalue weighted by Gasteiger charge is -2.26. The fourth-order valence-corrected chi connectivity index (χ4v) is 10.4. The predicted octanol–water partition coefficient (Wildman–Crippen LogP) is 20.8. The summed E-state index contributed by atoms with van der Waals surface area (Å²) in [6.45, 7) is 0. The van der Waals surface area contributed by atoms with E-state index >= 15 is 0 Å². The van der Waals surface area contributed by atoms with Gasteiger partial charge in [0.1, 0.15) is 22.3 Å². The van der Waals surface area contributed by atoms with Gasteiger partial charge in [-0.25, -0.2) is 0 Å². The van der Waals surface area contributed by atoms with E-state index in [4.69, 9.17) is 8.83 Å². The van der Waals surface area contributed by atoms with Crippen LogP contribution in [0.3, 0.4) is 0 Å². The van der Waals surface area contributed by atoms with Gasteiger partial charge < -0.3 is 18.6 Å².